The number of hydrogen-bond donors (Lipinski definition) is 0. The average Bonchev–Trinajstić information content (AvgIpc) is 2.33. The smallest absolute Gasteiger partial charge is 0.226 e. The second kappa shape index (κ2) is 7.29. The molecule has 16 heavy (non-hydrogen) atoms. The third-order valence-corrected chi connectivity index (χ3v) is 2.63. The van der Waals surface area contributed by atoms with Crippen LogP contribution in [0.4, 0.5) is 5.69 Å². The molecule has 0 bridgehead atoms. The molecule has 0 spiro atoms. The second-order valence-corrected chi connectivity index (χ2v) is 3.65. The summed E-state index contributed by atoms with van der Waals surface area (Å²) in [7, 11) is 1.77. The van der Waals surface area contributed by atoms with Gasteiger partial charge in [-0.1, -0.05) is 32.4 Å². The highest BCUT2D eigenvalue weighted by Crippen LogP contribution is 2.21. The van der Waals surface area contributed by atoms with E-state index < -0.39 is 0 Å². The maximum Gasteiger partial charge on any atom is 0.226 e. The lowest BCUT2D eigenvalue weighted by Gasteiger charge is -2.17. The molecule has 0 unspecified atom stereocenters. The summed E-state index contributed by atoms with van der Waals surface area (Å²) >= 11 is 5.90. The lowest BCUT2D eigenvalue weighted by atomic mass is 10.2. The summed E-state index contributed by atoms with van der Waals surface area (Å²) in [6.07, 6.45) is 0.512. The molecular formula is C13H20ClNO. The lowest BCUT2D eigenvalue weighted by Crippen LogP contribution is -2.25. The van der Waals surface area contributed by atoms with Gasteiger partial charge in [-0.15, -0.1) is 0 Å². The molecule has 0 aromatic heterocycles. The van der Waals surface area contributed by atoms with Gasteiger partial charge in [0, 0.05) is 24.2 Å². The van der Waals surface area contributed by atoms with Gasteiger partial charge in [0.05, 0.1) is 0 Å². The zero-order valence-corrected chi connectivity index (χ0v) is 11.4. The number of hydrogen-bond acceptors (Lipinski definition) is 1. The van der Waals surface area contributed by atoms with Crippen molar-refractivity contribution in [3.8, 4) is 0 Å². The van der Waals surface area contributed by atoms with Gasteiger partial charge in [0.2, 0.25) is 5.91 Å². The maximum atomic E-state index is 11.4. The van der Waals surface area contributed by atoms with Crippen molar-refractivity contribution in [1.82, 2.24) is 0 Å². The van der Waals surface area contributed by atoms with Crippen LogP contribution in [0.1, 0.15) is 32.8 Å². The minimum absolute atomic E-state index is 0.103. The molecule has 3 heteroatoms. The first-order valence-corrected chi connectivity index (χ1v) is 5.96. The van der Waals surface area contributed by atoms with Gasteiger partial charge in [-0.3, -0.25) is 4.79 Å². The normalized spacial score (nSPS) is 9.12. The Labute approximate surface area is 103 Å². The van der Waals surface area contributed by atoms with Crippen molar-refractivity contribution < 1.29 is 4.79 Å². The monoisotopic (exact) mass is 241 g/mol. The van der Waals surface area contributed by atoms with Crippen molar-refractivity contribution in [2.75, 3.05) is 11.9 Å². The summed E-state index contributed by atoms with van der Waals surface area (Å²) in [4.78, 5) is 13.0. The van der Waals surface area contributed by atoms with Gasteiger partial charge in [0.15, 0.2) is 0 Å². The van der Waals surface area contributed by atoms with Gasteiger partial charge in [-0.2, -0.15) is 0 Å². The lowest BCUT2D eigenvalue weighted by molar-refractivity contribution is -0.118. The van der Waals surface area contributed by atoms with Crippen LogP contribution in [0.15, 0.2) is 18.2 Å². The molecule has 1 aromatic rings. The first kappa shape index (κ1) is 15.0. The quantitative estimate of drug-likeness (QED) is 0.765. The van der Waals surface area contributed by atoms with Crippen molar-refractivity contribution in [1.29, 1.82) is 0 Å². The van der Waals surface area contributed by atoms with Gasteiger partial charge in [-0.05, 0) is 30.7 Å². The molecule has 0 radical (unpaired) electrons. The first-order valence-electron chi connectivity index (χ1n) is 5.59. The van der Waals surface area contributed by atoms with Gasteiger partial charge in [0.1, 0.15) is 0 Å². The Kier molecular flexibility index (Phi) is 6.82. The Morgan fingerprint density at radius 3 is 2.38 bits per heavy atom. The topological polar surface area (TPSA) is 20.3 Å². The van der Waals surface area contributed by atoms with E-state index in [4.69, 9.17) is 11.6 Å². The molecule has 1 amide bonds. The van der Waals surface area contributed by atoms with Crippen LogP contribution in [0.5, 0.6) is 0 Å². The van der Waals surface area contributed by atoms with Crippen molar-refractivity contribution >= 4 is 23.2 Å². The van der Waals surface area contributed by atoms with E-state index in [1.807, 2.05) is 45.9 Å². The summed E-state index contributed by atoms with van der Waals surface area (Å²) in [5, 5.41) is 0.728. The highest BCUT2D eigenvalue weighted by atomic mass is 35.5. The molecule has 1 rings (SSSR count). The first-order chi connectivity index (χ1) is 7.56. The summed E-state index contributed by atoms with van der Waals surface area (Å²) in [5.41, 5.74) is 1.87. The molecule has 0 heterocycles. The minimum Gasteiger partial charge on any atom is -0.316 e. The van der Waals surface area contributed by atoms with E-state index in [1.54, 1.807) is 11.9 Å². The standard InChI is InChI=1S/C11H14ClNO.C2H6/c1-4-11(14)13(3)9-5-6-10(12)8(2)7-9;1-2/h5-7H,4H2,1-3H3;1-2H3. The fourth-order valence-electron chi connectivity index (χ4n) is 1.22. The second-order valence-electron chi connectivity index (χ2n) is 3.24. The van der Waals surface area contributed by atoms with E-state index in [0.717, 1.165) is 16.3 Å². The zero-order chi connectivity index (χ0) is 12.7. The number of carbonyl (C=O) groups excluding carboxylic acids is 1. The minimum atomic E-state index is 0.103. The number of anilines is 1. The molecule has 90 valence electrons. The van der Waals surface area contributed by atoms with Crippen LogP contribution in [0.3, 0.4) is 0 Å². The molecule has 1 aromatic carbocycles. The van der Waals surface area contributed by atoms with Gasteiger partial charge in [-0.25, -0.2) is 0 Å². The summed E-state index contributed by atoms with van der Waals surface area (Å²) in [6.45, 7) is 7.78. The number of halogens is 1. The van der Waals surface area contributed by atoms with Crippen LogP contribution in [0.25, 0.3) is 0 Å². The summed E-state index contributed by atoms with van der Waals surface area (Å²) in [5.74, 6) is 0.103. The molecule has 0 saturated carbocycles. The number of amides is 1. The van der Waals surface area contributed by atoms with E-state index in [2.05, 4.69) is 0 Å². The Morgan fingerprint density at radius 1 is 1.38 bits per heavy atom. The fraction of sp³-hybridized carbons (Fsp3) is 0.462. The average molecular weight is 242 g/mol. The number of rotatable bonds is 2. The van der Waals surface area contributed by atoms with E-state index in [-0.39, 0.29) is 5.91 Å². The van der Waals surface area contributed by atoms with Crippen LogP contribution < -0.4 is 4.90 Å². The molecule has 0 atom stereocenters. The Morgan fingerprint density at radius 2 is 1.94 bits per heavy atom. The predicted octanol–water partition coefficient (Wildman–Crippen LogP) is 4.05. The van der Waals surface area contributed by atoms with E-state index in [0.29, 0.717) is 6.42 Å². The number of benzene rings is 1. The highest BCUT2D eigenvalue weighted by molar-refractivity contribution is 6.31. The highest BCUT2D eigenvalue weighted by Gasteiger charge is 2.08. The maximum absolute atomic E-state index is 11.4. The predicted molar refractivity (Wildman–Crippen MR) is 71.2 cm³/mol. The molecule has 2 nitrogen and oxygen atoms in total. The Bertz CT molecular complexity index is 350. The molecule has 0 N–H and O–H groups in total. The number of nitrogens with zero attached hydrogens (tertiary/aromatic N) is 1. The molecule has 0 aliphatic rings. The SMILES string of the molecule is CC.CCC(=O)N(C)c1ccc(Cl)c(C)c1. The van der Waals surface area contributed by atoms with Gasteiger partial charge < -0.3 is 4.90 Å². The van der Waals surface area contributed by atoms with Crippen LogP contribution in [0.2, 0.25) is 5.02 Å². The largest absolute Gasteiger partial charge is 0.316 e. The Hall–Kier alpha value is -1.02. The summed E-state index contributed by atoms with van der Waals surface area (Å²) < 4.78 is 0. The van der Waals surface area contributed by atoms with Crippen LogP contribution in [-0.4, -0.2) is 13.0 Å². The van der Waals surface area contributed by atoms with E-state index >= 15 is 0 Å². The number of aryl methyl sites for hydroxylation is 1. The van der Waals surface area contributed by atoms with Crippen LogP contribution >= 0.6 is 11.6 Å². The molecule has 0 aliphatic carbocycles. The number of carbonyl (C=O) groups is 1. The van der Waals surface area contributed by atoms with Crippen LogP contribution in [0, 0.1) is 6.92 Å². The van der Waals surface area contributed by atoms with E-state index in [9.17, 15) is 4.79 Å². The van der Waals surface area contributed by atoms with Crippen molar-refractivity contribution in [2.24, 2.45) is 0 Å². The van der Waals surface area contributed by atoms with Crippen molar-refractivity contribution in [3.05, 3.63) is 28.8 Å². The fourth-order valence-corrected chi connectivity index (χ4v) is 1.34. The van der Waals surface area contributed by atoms with Crippen LogP contribution in [-0.2, 0) is 4.79 Å². The summed E-state index contributed by atoms with van der Waals surface area (Å²) in [6, 6.07) is 5.57. The molecule has 0 fully saturated rings. The zero-order valence-electron chi connectivity index (χ0n) is 10.7. The third kappa shape index (κ3) is 3.86. The van der Waals surface area contributed by atoms with E-state index in [1.165, 1.54) is 0 Å². The third-order valence-electron chi connectivity index (χ3n) is 2.21. The van der Waals surface area contributed by atoms with Crippen molar-refractivity contribution in [2.45, 2.75) is 34.1 Å². The molecule has 0 aliphatic heterocycles. The molecular weight excluding hydrogens is 222 g/mol. The Balaban J connectivity index is 0.00000106. The van der Waals surface area contributed by atoms with Gasteiger partial charge >= 0.3 is 0 Å². The molecule has 0 saturated heterocycles. The van der Waals surface area contributed by atoms with Gasteiger partial charge in [0.25, 0.3) is 0 Å². The van der Waals surface area contributed by atoms with Crippen molar-refractivity contribution in [3.63, 3.8) is 0 Å².